The standard InChI is InChI=1S/C19H20O4/c1-4-14(15-8-10-19(23-3)17(21)12-15)7-5-13-6-9-18(22-2)16(20)11-13/h4-12,14,20-21H,1H2,2-3H3/b7-5-/t14-/m1/s1. The Balaban J connectivity index is 2.23. The number of ether oxygens (including phenoxy) is 2. The average Bonchev–Trinajstić information content (AvgIpc) is 2.55. The van der Waals surface area contributed by atoms with E-state index in [4.69, 9.17) is 9.47 Å². The molecule has 0 fully saturated rings. The van der Waals surface area contributed by atoms with Crippen LogP contribution in [0.25, 0.3) is 6.08 Å². The van der Waals surface area contributed by atoms with E-state index in [2.05, 4.69) is 6.58 Å². The summed E-state index contributed by atoms with van der Waals surface area (Å²) < 4.78 is 10.1. The molecule has 0 aliphatic heterocycles. The van der Waals surface area contributed by atoms with Crippen molar-refractivity contribution in [3.63, 3.8) is 0 Å². The largest absolute Gasteiger partial charge is 0.504 e. The molecule has 2 N–H and O–H groups in total. The minimum absolute atomic E-state index is 0.0731. The molecule has 0 unspecified atom stereocenters. The molecule has 0 radical (unpaired) electrons. The SMILES string of the molecule is C=C[C@H](/C=C\c1ccc(OC)c(O)c1)c1ccc(OC)c(O)c1. The third-order valence-corrected chi connectivity index (χ3v) is 3.54. The minimum Gasteiger partial charge on any atom is -0.504 e. The lowest BCUT2D eigenvalue weighted by molar-refractivity contribution is 0.373. The van der Waals surface area contributed by atoms with E-state index in [-0.39, 0.29) is 17.4 Å². The molecule has 0 aliphatic rings. The highest BCUT2D eigenvalue weighted by molar-refractivity contribution is 5.57. The molecule has 2 aromatic rings. The Hall–Kier alpha value is -2.88. The zero-order chi connectivity index (χ0) is 16.8. The lowest BCUT2D eigenvalue weighted by atomic mass is 9.97. The smallest absolute Gasteiger partial charge is 0.160 e. The maximum Gasteiger partial charge on any atom is 0.160 e. The number of hydrogen-bond donors (Lipinski definition) is 2. The van der Waals surface area contributed by atoms with Gasteiger partial charge >= 0.3 is 0 Å². The molecule has 23 heavy (non-hydrogen) atoms. The van der Waals surface area contributed by atoms with E-state index >= 15 is 0 Å². The maximum atomic E-state index is 9.88. The van der Waals surface area contributed by atoms with E-state index in [9.17, 15) is 10.2 Å². The summed E-state index contributed by atoms with van der Waals surface area (Å²) in [4.78, 5) is 0. The molecule has 0 saturated carbocycles. The molecular weight excluding hydrogens is 292 g/mol. The minimum atomic E-state index is -0.0731. The third kappa shape index (κ3) is 3.86. The monoisotopic (exact) mass is 312 g/mol. The first-order valence-electron chi connectivity index (χ1n) is 7.13. The van der Waals surface area contributed by atoms with Crippen LogP contribution in [0.2, 0.25) is 0 Å². The molecule has 2 rings (SSSR count). The fraction of sp³-hybridized carbons (Fsp3) is 0.158. The van der Waals surface area contributed by atoms with Crippen LogP contribution < -0.4 is 9.47 Å². The average molecular weight is 312 g/mol. The van der Waals surface area contributed by atoms with Crippen molar-refractivity contribution >= 4 is 6.08 Å². The summed E-state index contributed by atoms with van der Waals surface area (Å²) in [6, 6.07) is 10.4. The van der Waals surface area contributed by atoms with Gasteiger partial charge in [-0.25, -0.2) is 0 Å². The summed E-state index contributed by atoms with van der Waals surface area (Å²) in [6.45, 7) is 3.83. The second-order valence-electron chi connectivity index (χ2n) is 4.98. The zero-order valence-electron chi connectivity index (χ0n) is 13.2. The van der Waals surface area contributed by atoms with Crippen molar-refractivity contribution in [2.75, 3.05) is 14.2 Å². The van der Waals surface area contributed by atoms with Crippen LogP contribution in [0.1, 0.15) is 17.0 Å². The van der Waals surface area contributed by atoms with Gasteiger partial charge in [0.1, 0.15) is 0 Å². The van der Waals surface area contributed by atoms with Gasteiger partial charge in [0, 0.05) is 5.92 Å². The normalized spacial score (nSPS) is 12.1. The fourth-order valence-electron chi connectivity index (χ4n) is 2.27. The van der Waals surface area contributed by atoms with Crippen LogP contribution in [0, 0.1) is 0 Å². The number of hydrogen-bond acceptors (Lipinski definition) is 4. The summed E-state index contributed by atoms with van der Waals surface area (Å²) in [5.41, 5.74) is 1.74. The second-order valence-corrected chi connectivity index (χ2v) is 4.98. The number of allylic oxidation sites excluding steroid dienone is 2. The molecule has 0 aromatic heterocycles. The van der Waals surface area contributed by atoms with Gasteiger partial charge in [-0.3, -0.25) is 0 Å². The fourth-order valence-corrected chi connectivity index (χ4v) is 2.27. The number of aromatic hydroxyl groups is 2. The lowest BCUT2D eigenvalue weighted by Gasteiger charge is -2.11. The molecule has 4 heteroatoms. The second kappa shape index (κ2) is 7.40. The number of rotatable bonds is 6. The third-order valence-electron chi connectivity index (χ3n) is 3.54. The van der Waals surface area contributed by atoms with Gasteiger partial charge < -0.3 is 19.7 Å². The van der Waals surface area contributed by atoms with Gasteiger partial charge in [0.25, 0.3) is 0 Å². The highest BCUT2D eigenvalue weighted by Gasteiger charge is 2.08. The summed E-state index contributed by atoms with van der Waals surface area (Å²) >= 11 is 0. The maximum absolute atomic E-state index is 9.88. The summed E-state index contributed by atoms with van der Waals surface area (Å²) in [6.07, 6.45) is 5.60. The van der Waals surface area contributed by atoms with Crippen LogP contribution in [-0.2, 0) is 0 Å². The van der Waals surface area contributed by atoms with Gasteiger partial charge in [0.15, 0.2) is 23.0 Å². The molecule has 1 atom stereocenters. The van der Waals surface area contributed by atoms with Gasteiger partial charge in [-0.15, -0.1) is 6.58 Å². The first-order valence-corrected chi connectivity index (χ1v) is 7.13. The van der Waals surface area contributed by atoms with Crippen LogP contribution in [-0.4, -0.2) is 24.4 Å². The lowest BCUT2D eigenvalue weighted by Crippen LogP contribution is -1.92. The zero-order valence-corrected chi connectivity index (χ0v) is 13.2. The predicted molar refractivity (Wildman–Crippen MR) is 91.3 cm³/mol. The van der Waals surface area contributed by atoms with Crippen molar-refractivity contribution in [1.82, 2.24) is 0 Å². The molecule has 0 bridgehead atoms. The molecule has 0 amide bonds. The van der Waals surface area contributed by atoms with Crippen molar-refractivity contribution in [1.29, 1.82) is 0 Å². The van der Waals surface area contributed by atoms with Crippen molar-refractivity contribution in [3.05, 3.63) is 66.3 Å². The van der Waals surface area contributed by atoms with Gasteiger partial charge in [-0.05, 0) is 35.4 Å². The van der Waals surface area contributed by atoms with E-state index in [0.29, 0.717) is 11.5 Å². The van der Waals surface area contributed by atoms with E-state index in [1.165, 1.54) is 14.2 Å². The Bertz CT molecular complexity index is 719. The van der Waals surface area contributed by atoms with Crippen LogP contribution >= 0.6 is 0 Å². The van der Waals surface area contributed by atoms with Crippen LogP contribution in [0.3, 0.4) is 0 Å². The van der Waals surface area contributed by atoms with Crippen LogP contribution in [0.5, 0.6) is 23.0 Å². The van der Waals surface area contributed by atoms with Crippen molar-refractivity contribution in [2.24, 2.45) is 0 Å². The van der Waals surface area contributed by atoms with Crippen molar-refractivity contribution < 1.29 is 19.7 Å². The Morgan fingerprint density at radius 3 is 2.09 bits per heavy atom. The van der Waals surface area contributed by atoms with Crippen LogP contribution in [0.15, 0.2) is 55.1 Å². The van der Waals surface area contributed by atoms with E-state index < -0.39 is 0 Å². The molecule has 0 aliphatic carbocycles. The topological polar surface area (TPSA) is 58.9 Å². The number of benzene rings is 2. The van der Waals surface area contributed by atoms with Crippen molar-refractivity contribution in [2.45, 2.75) is 5.92 Å². The summed E-state index contributed by atoms with van der Waals surface area (Å²) in [5, 5.41) is 19.7. The first-order chi connectivity index (χ1) is 11.1. The molecule has 4 nitrogen and oxygen atoms in total. The van der Waals surface area contributed by atoms with Gasteiger partial charge in [-0.1, -0.05) is 30.4 Å². The number of phenols is 2. The molecule has 2 aromatic carbocycles. The Morgan fingerprint density at radius 1 is 0.957 bits per heavy atom. The molecule has 0 saturated heterocycles. The van der Waals surface area contributed by atoms with E-state index in [0.717, 1.165) is 11.1 Å². The van der Waals surface area contributed by atoms with Gasteiger partial charge in [-0.2, -0.15) is 0 Å². The number of methoxy groups -OCH3 is 2. The Morgan fingerprint density at radius 2 is 1.57 bits per heavy atom. The van der Waals surface area contributed by atoms with Gasteiger partial charge in [0.05, 0.1) is 14.2 Å². The molecule has 0 spiro atoms. The number of phenolic OH excluding ortho intramolecular Hbond substituents is 2. The predicted octanol–water partition coefficient (Wildman–Crippen LogP) is 4.10. The Labute approximate surface area is 135 Å². The summed E-state index contributed by atoms with van der Waals surface area (Å²) in [5.74, 6) is 0.971. The van der Waals surface area contributed by atoms with E-state index in [1.807, 2.05) is 24.3 Å². The summed E-state index contributed by atoms with van der Waals surface area (Å²) in [7, 11) is 3.02. The Kier molecular flexibility index (Phi) is 5.31. The molecular formula is C19H20O4. The highest BCUT2D eigenvalue weighted by atomic mass is 16.5. The van der Waals surface area contributed by atoms with E-state index in [1.54, 1.807) is 30.3 Å². The quantitative estimate of drug-likeness (QED) is 0.789. The molecule has 0 heterocycles. The molecule has 120 valence electrons. The van der Waals surface area contributed by atoms with Crippen molar-refractivity contribution in [3.8, 4) is 23.0 Å². The van der Waals surface area contributed by atoms with Gasteiger partial charge in [0.2, 0.25) is 0 Å². The van der Waals surface area contributed by atoms with Crippen LogP contribution in [0.4, 0.5) is 0 Å². The highest BCUT2D eigenvalue weighted by Crippen LogP contribution is 2.31. The first kappa shape index (κ1) is 16.5.